The minimum Gasteiger partial charge on any atom is -0.497 e. The largest absolute Gasteiger partial charge is 0.497 e. The van der Waals surface area contributed by atoms with Gasteiger partial charge in [0, 0.05) is 26.1 Å². The van der Waals surface area contributed by atoms with Crippen molar-refractivity contribution in [2.75, 3.05) is 33.3 Å². The van der Waals surface area contributed by atoms with Crippen LogP contribution in [0.15, 0.2) is 29.3 Å². The quantitative estimate of drug-likeness (QED) is 0.450. The predicted molar refractivity (Wildman–Crippen MR) is 98.6 cm³/mol. The van der Waals surface area contributed by atoms with Crippen LogP contribution in [0.5, 0.6) is 5.75 Å². The summed E-state index contributed by atoms with van der Waals surface area (Å²) in [5.74, 6) is 1.66. The number of carbonyl (C=O) groups excluding carboxylic acids is 1. The first-order valence-electron chi connectivity index (χ1n) is 8.61. The van der Waals surface area contributed by atoms with Crippen molar-refractivity contribution < 1.29 is 9.53 Å². The Morgan fingerprint density at radius 1 is 1.08 bits per heavy atom. The zero-order valence-electron chi connectivity index (χ0n) is 15.0. The molecule has 0 radical (unpaired) electrons. The third kappa shape index (κ3) is 8.41. The molecule has 1 aromatic rings. The molecule has 1 amide bonds. The molecule has 0 saturated heterocycles. The lowest BCUT2D eigenvalue weighted by atomic mass is 10.1. The van der Waals surface area contributed by atoms with Crippen LogP contribution in [-0.4, -0.2) is 45.2 Å². The smallest absolute Gasteiger partial charge is 0.221 e. The van der Waals surface area contributed by atoms with Crippen LogP contribution in [0.1, 0.15) is 32.3 Å². The Morgan fingerprint density at radius 3 is 2.46 bits per heavy atom. The fourth-order valence-electron chi connectivity index (χ4n) is 2.08. The summed E-state index contributed by atoms with van der Waals surface area (Å²) in [6, 6.07) is 8.04. The van der Waals surface area contributed by atoms with Gasteiger partial charge in [0.15, 0.2) is 5.96 Å². The molecule has 0 spiro atoms. The first-order valence-corrected chi connectivity index (χ1v) is 8.61. The highest BCUT2D eigenvalue weighted by Gasteiger charge is 2.01. The van der Waals surface area contributed by atoms with Crippen molar-refractivity contribution in [2.45, 2.75) is 33.1 Å². The number of hydrogen-bond acceptors (Lipinski definition) is 3. The van der Waals surface area contributed by atoms with E-state index in [1.165, 1.54) is 5.56 Å². The number of ether oxygens (including phenoxy) is 1. The number of amides is 1. The van der Waals surface area contributed by atoms with E-state index in [1.54, 1.807) is 7.11 Å². The summed E-state index contributed by atoms with van der Waals surface area (Å²) in [6.07, 6.45) is 2.25. The Morgan fingerprint density at radius 2 is 1.83 bits per heavy atom. The van der Waals surface area contributed by atoms with Gasteiger partial charge in [0.25, 0.3) is 0 Å². The summed E-state index contributed by atoms with van der Waals surface area (Å²) >= 11 is 0. The maximum absolute atomic E-state index is 11.6. The average Bonchev–Trinajstić information content (AvgIpc) is 2.60. The summed E-state index contributed by atoms with van der Waals surface area (Å²) in [6.45, 7) is 6.83. The number of rotatable bonds is 10. The molecule has 0 aliphatic heterocycles. The van der Waals surface area contributed by atoms with E-state index in [4.69, 9.17) is 4.74 Å². The van der Waals surface area contributed by atoms with Crippen LogP contribution >= 0.6 is 0 Å². The van der Waals surface area contributed by atoms with Gasteiger partial charge in [-0.2, -0.15) is 0 Å². The number of methoxy groups -OCH3 is 1. The van der Waals surface area contributed by atoms with Gasteiger partial charge in [-0.05, 0) is 37.5 Å². The molecular weight excluding hydrogens is 304 g/mol. The maximum Gasteiger partial charge on any atom is 0.221 e. The van der Waals surface area contributed by atoms with Gasteiger partial charge < -0.3 is 20.7 Å². The molecule has 3 N–H and O–H groups in total. The molecule has 1 aromatic carbocycles. The molecule has 0 saturated carbocycles. The van der Waals surface area contributed by atoms with E-state index < -0.39 is 0 Å². The number of hydrogen-bond donors (Lipinski definition) is 3. The van der Waals surface area contributed by atoms with Crippen molar-refractivity contribution in [1.82, 2.24) is 16.0 Å². The molecule has 0 atom stereocenters. The Kier molecular flexibility index (Phi) is 10.1. The lowest BCUT2D eigenvalue weighted by Crippen LogP contribution is -2.38. The summed E-state index contributed by atoms with van der Waals surface area (Å²) in [5, 5.41) is 9.33. The first-order chi connectivity index (χ1) is 11.7. The summed E-state index contributed by atoms with van der Waals surface area (Å²) in [4.78, 5) is 16.0. The van der Waals surface area contributed by atoms with E-state index in [1.807, 2.05) is 26.0 Å². The van der Waals surface area contributed by atoms with Crippen LogP contribution in [-0.2, 0) is 11.2 Å². The zero-order valence-corrected chi connectivity index (χ0v) is 15.0. The van der Waals surface area contributed by atoms with Crippen LogP contribution < -0.4 is 20.7 Å². The Bertz CT molecular complexity index is 500. The van der Waals surface area contributed by atoms with Gasteiger partial charge in [0.1, 0.15) is 5.75 Å². The molecule has 1 rings (SSSR count). The number of nitrogens with one attached hydrogen (secondary N) is 3. The van der Waals surface area contributed by atoms with Crippen molar-refractivity contribution >= 4 is 11.9 Å². The Hall–Kier alpha value is -2.24. The molecule has 0 heterocycles. The van der Waals surface area contributed by atoms with Crippen molar-refractivity contribution in [3.05, 3.63) is 29.8 Å². The second kappa shape index (κ2) is 12.2. The van der Waals surface area contributed by atoms with Gasteiger partial charge in [0.05, 0.1) is 13.7 Å². The number of aliphatic imine (C=N–C) groups is 1. The molecule has 0 aromatic heterocycles. The molecular formula is C18H30N4O2. The minimum atomic E-state index is 0.0506. The molecule has 134 valence electrons. The van der Waals surface area contributed by atoms with Gasteiger partial charge >= 0.3 is 0 Å². The topological polar surface area (TPSA) is 74.8 Å². The van der Waals surface area contributed by atoms with E-state index in [-0.39, 0.29) is 5.91 Å². The minimum absolute atomic E-state index is 0.0506. The molecule has 0 fully saturated rings. The molecule has 6 nitrogen and oxygen atoms in total. The highest BCUT2D eigenvalue weighted by atomic mass is 16.5. The number of guanidine groups is 1. The summed E-state index contributed by atoms with van der Waals surface area (Å²) < 4.78 is 5.15. The van der Waals surface area contributed by atoms with E-state index >= 15 is 0 Å². The van der Waals surface area contributed by atoms with E-state index in [9.17, 15) is 4.79 Å². The molecule has 6 heteroatoms. The summed E-state index contributed by atoms with van der Waals surface area (Å²) in [7, 11) is 1.66. The van der Waals surface area contributed by atoms with Crippen LogP contribution in [0, 0.1) is 0 Å². The first kappa shape index (κ1) is 19.8. The van der Waals surface area contributed by atoms with Crippen molar-refractivity contribution in [3.63, 3.8) is 0 Å². The number of benzene rings is 1. The monoisotopic (exact) mass is 334 g/mol. The van der Waals surface area contributed by atoms with E-state index in [0.717, 1.165) is 44.2 Å². The maximum atomic E-state index is 11.6. The number of nitrogens with zero attached hydrogens (tertiary/aromatic N) is 1. The second-order valence-electron chi connectivity index (χ2n) is 5.39. The molecule has 0 unspecified atom stereocenters. The Labute approximate surface area is 145 Å². The van der Waals surface area contributed by atoms with Gasteiger partial charge in [-0.15, -0.1) is 0 Å². The average molecular weight is 334 g/mol. The predicted octanol–water partition coefficient (Wildman–Crippen LogP) is 1.71. The lowest BCUT2D eigenvalue weighted by molar-refractivity contribution is -0.120. The fourth-order valence-corrected chi connectivity index (χ4v) is 2.08. The van der Waals surface area contributed by atoms with Crippen molar-refractivity contribution in [3.8, 4) is 5.75 Å². The van der Waals surface area contributed by atoms with E-state index in [2.05, 4.69) is 33.1 Å². The van der Waals surface area contributed by atoms with Gasteiger partial charge in [-0.25, -0.2) is 0 Å². The molecule has 0 aliphatic carbocycles. The van der Waals surface area contributed by atoms with Crippen molar-refractivity contribution in [2.24, 2.45) is 4.99 Å². The third-order valence-corrected chi connectivity index (χ3v) is 3.39. The molecule has 0 aliphatic rings. The lowest BCUT2D eigenvalue weighted by Gasteiger charge is -2.11. The van der Waals surface area contributed by atoms with Gasteiger partial charge in [-0.3, -0.25) is 9.79 Å². The highest BCUT2D eigenvalue weighted by Crippen LogP contribution is 2.11. The van der Waals surface area contributed by atoms with E-state index in [0.29, 0.717) is 13.0 Å². The van der Waals surface area contributed by atoms with Crippen LogP contribution in [0.4, 0.5) is 0 Å². The summed E-state index contributed by atoms with van der Waals surface area (Å²) in [5.41, 5.74) is 1.23. The molecule has 0 bridgehead atoms. The highest BCUT2D eigenvalue weighted by molar-refractivity contribution is 5.80. The SMILES string of the molecule is CCCNC(=O)CCN=C(NCC)NCCc1ccc(OC)cc1. The van der Waals surface area contributed by atoms with Crippen LogP contribution in [0.25, 0.3) is 0 Å². The van der Waals surface area contributed by atoms with Crippen LogP contribution in [0.3, 0.4) is 0 Å². The fraction of sp³-hybridized carbons (Fsp3) is 0.556. The van der Waals surface area contributed by atoms with Crippen molar-refractivity contribution in [1.29, 1.82) is 0 Å². The van der Waals surface area contributed by atoms with Gasteiger partial charge in [0.2, 0.25) is 5.91 Å². The zero-order chi connectivity index (χ0) is 17.6. The third-order valence-electron chi connectivity index (χ3n) is 3.39. The second-order valence-corrected chi connectivity index (χ2v) is 5.39. The Balaban J connectivity index is 2.35. The normalized spacial score (nSPS) is 11.0. The standard InChI is InChI=1S/C18H30N4O2/c1-4-12-20-17(23)11-14-22-18(19-5-2)21-13-10-15-6-8-16(24-3)9-7-15/h6-9H,4-5,10-14H2,1-3H3,(H,20,23)(H2,19,21,22). The van der Waals surface area contributed by atoms with Crippen LogP contribution in [0.2, 0.25) is 0 Å². The van der Waals surface area contributed by atoms with Gasteiger partial charge in [-0.1, -0.05) is 19.1 Å². The molecule has 24 heavy (non-hydrogen) atoms. The number of carbonyl (C=O) groups is 1.